The van der Waals surface area contributed by atoms with Gasteiger partial charge >= 0.3 is 0 Å². The van der Waals surface area contributed by atoms with Gasteiger partial charge in [-0.15, -0.1) is 0 Å². The molecule has 0 saturated heterocycles. The predicted molar refractivity (Wildman–Crippen MR) is 104 cm³/mol. The van der Waals surface area contributed by atoms with Gasteiger partial charge in [-0.1, -0.05) is 15.9 Å². The number of nitrogens with one attached hydrogen (secondary N) is 2. The van der Waals surface area contributed by atoms with E-state index >= 15 is 0 Å². The van der Waals surface area contributed by atoms with Crippen LogP contribution in [0.5, 0.6) is 0 Å². The topological polar surface area (TPSA) is 56.7 Å². The predicted octanol–water partition coefficient (Wildman–Crippen LogP) is 2.94. The van der Waals surface area contributed by atoms with Gasteiger partial charge < -0.3 is 15.5 Å². The van der Waals surface area contributed by atoms with Gasteiger partial charge in [-0.05, 0) is 51.0 Å². The zero-order valence-corrected chi connectivity index (χ0v) is 16.8. The molecule has 0 bridgehead atoms. The molecule has 0 aliphatic heterocycles. The van der Waals surface area contributed by atoms with Crippen LogP contribution in [0.15, 0.2) is 27.7 Å². The first-order chi connectivity index (χ1) is 12.0. The second-order valence-electron chi connectivity index (χ2n) is 5.49. The molecular formula is C18H28BrFN4O. The standard InChI is InChI=1S/C18H28BrFN4O/c1-4-21-18(23-12-10-17(25)24(5-2)6-3)22-11-9-14-13-15(19)7-8-16(14)20/h7-8,13H,4-6,9-12H2,1-3H3,(H2,21,22,23). The fraction of sp³-hybridized carbons (Fsp3) is 0.556. The number of amides is 1. The van der Waals surface area contributed by atoms with Crippen LogP contribution >= 0.6 is 15.9 Å². The van der Waals surface area contributed by atoms with Crippen molar-refractivity contribution in [2.45, 2.75) is 33.6 Å². The van der Waals surface area contributed by atoms with Gasteiger partial charge in [-0.25, -0.2) is 4.39 Å². The lowest BCUT2D eigenvalue weighted by Gasteiger charge is -2.18. The highest BCUT2D eigenvalue weighted by Gasteiger charge is 2.09. The number of halogens is 2. The molecule has 0 radical (unpaired) electrons. The Hall–Kier alpha value is -1.63. The molecule has 0 saturated carbocycles. The third-order valence-electron chi connectivity index (χ3n) is 3.75. The summed E-state index contributed by atoms with van der Waals surface area (Å²) in [6, 6.07) is 4.92. The maximum absolute atomic E-state index is 13.7. The van der Waals surface area contributed by atoms with E-state index in [1.807, 2.05) is 20.8 Å². The van der Waals surface area contributed by atoms with Crippen molar-refractivity contribution >= 4 is 27.8 Å². The van der Waals surface area contributed by atoms with Crippen LogP contribution in [0, 0.1) is 5.82 Å². The summed E-state index contributed by atoms with van der Waals surface area (Å²) in [6.45, 7) is 9.06. The smallest absolute Gasteiger partial charge is 0.224 e. The van der Waals surface area contributed by atoms with Gasteiger partial charge in [-0.3, -0.25) is 9.79 Å². The monoisotopic (exact) mass is 414 g/mol. The van der Waals surface area contributed by atoms with Crippen molar-refractivity contribution in [1.29, 1.82) is 0 Å². The van der Waals surface area contributed by atoms with E-state index in [0.29, 0.717) is 37.5 Å². The molecule has 1 rings (SSSR count). The third kappa shape index (κ3) is 7.86. The minimum atomic E-state index is -0.211. The Balaban J connectivity index is 2.50. The first-order valence-corrected chi connectivity index (χ1v) is 9.54. The molecule has 1 aromatic rings. The van der Waals surface area contributed by atoms with Crippen LogP contribution in [0.2, 0.25) is 0 Å². The number of carbonyl (C=O) groups is 1. The van der Waals surface area contributed by atoms with Crippen LogP contribution < -0.4 is 10.6 Å². The molecule has 5 nitrogen and oxygen atoms in total. The van der Waals surface area contributed by atoms with Crippen LogP contribution in [0.4, 0.5) is 4.39 Å². The first kappa shape index (κ1) is 21.4. The molecule has 1 aromatic carbocycles. The molecule has 0 heterocycles. The van der Waals surface area contributed by atoms with E-state index in [2.05, 4.69) is 31.6 Å². The minimum absolute atomic E-state index is 0.112. The normalized spacial score (nSPS) is 11.3. The Morgan fingerprint density at radius 3 is 2.60 bits per heavy atom. The Morgan fingerprint density at radius 2 is 1.96 bits per heavy atom. The number of nitrogens with zero attached hydrogens (tertiary/aromatic N) is 2. The Bertz CT molecular complexity index is 576. The van der Waals surface area contributed by atoms with Crippen molar-refractivity contribution in [2.24, 2.45) is 4.99 Å². The average molecular weight is 415 g/mol. The maximum atomic E-state index is 13.7. The second kappa shape index (κ2) is 11.8. The van der Waals surface area contributed by atoms with Crippen LogP contribution in [0.3, 0.4) is 0 Å². The number of rotatable bonds is 9. The fourth-order valence-corrected chi connectivity index (χ4v) is 2.80. The molecule has 0 aromatic heterocycles. The van der Waals surface area contributed by atoms with E-state index in [9.17, 15) is 9.18 Å². The molecule has 1 amide bonds. The van der Waals surface area contributed by atoms with Crippen molar-refractivity contribution in [2.75, 3.05) is 32.7 Å². The minimum Gasteiger partial charge on any atom is -0.357 e. The molecule has 0 aliphatic carbocycles. The van der Waals surface area contributed by atoms with E-state index in [1.165, 1.54) is 6.07 Å². The molecule has 0 spiro atoms. The van der Waals surface area contributed by atoms with Gasteiger partial charge in [-0.2, -0.15) is 0 Å². The molecule has 0 atom stereocenters. The quantitative estimate of drug-likeness (QED) is 0.482. The summed E-state index contributed by atoms with van der Waals surface area (Å²) in [4.78, 5) is 18.2. The van der Waals surface area contributed by atoms with Gasteiger partial charge in [0.2, 0.25) is 5.91 Å². The maximum Gasteiger partial charge on any atom is 0.224 e. The number of hydrogen-bond acceptors (Lipinski definition) is 2. The number of hydrogen-bond donors (Lipinski definition) is 2. The average Bonchev–Trinajstić information content (AvgIpc) is 2.59. The lowest BCUT2D eigenvalue weighted by Crippen LogP contribution is -2.38. The molecule has 0 aliphatic rings. The highest BCUT2D eigenvalue weighted by Crippen LogP contribution is 2.15. The summed E-state index contributed by atoms with van der Waals surface area (Å²) >= 11 is 3.35. The number of guanidine groups is 1. The third-order valence-corrected chi connectivity index (χ3v) is 4.24. The summed E-state index contributed by atoms with van der Waals surface area (Å²) in [7, 11) is 0. The van der Waals surface area contributed by atoms with E-state index in [1.54, 1.807) is 17.0 Å². The van der Waals surface area contributed by atoms with Gasteiger partial charge in [0.25, 0.3) is 0 Å². The van der Waals surface area contributed by atoms with Gasteiger partial charge in [0.15, 0.2) is 5.96 Å². The highest BCUT2D eigenvalue weighted by molar-refractivity contribution is 9.10. The number of carbonyl (C=O) groups excluding carboxylic acids is 1. The summed E-state index contributed by atoms with van der Waals surface area (Å²) in [5, 5.41) is 6.32. The largest absolute Gasteiger partial charge is 0.357 e. The number of benzene rings is 1. The summed E-state index contributed by atoms with van der Waals surface area (Å²) in [5.74, 6) is 0.544. The number of aliphatic imine (C=N–C) groups is 1. The van der Waals surface area contributed by atoms with Gasteiger partial charge in [0.1, 0.15) is 5.82 Å². The van der Waals surface area contributed by atoms with Crippen LogP contribution in [-0.2, 0) is 11.2 Å². The molecular weight excluding hydrogens is 387 g/mol. The highest BCUT2D eigenvalue weighted by atomic mass is 79.9. The van der Waals surface area contributed by atoms with Crippen molar-refractivity contribution in [1.82, 2.24) is 15.5 Å². The zero-order chi connectivity index (χ0) is 18.7. The molecule has 140 valence electrons. The second-order valence-corrected chi connectivity index (χ2v) is 6.40. The molecule has 7 heteroatoms. The van der Waals surface area contributed by atoms with Crippen molar-refractivity contribution in [3.63, 3.8) is 0 Å². The molecule has 0 unspecified atom stereocenters. The SMILES string of the molecule is CCNC(=NCCC(=O)N(CC)CC)NCCc1cc(Br)ccc1F. The van der Waals surface area contributed by atoms with Crippen LogP contribution in [0.25, 0.3) is 0 Å². The first-order valence-electron chi connectivity index (χ1n) is 8.75. The Labute approximate surface area is 158 Å². The molecule has 0 fully saturated rings. The van der Waals surface area contributed by atoms with Crippen molar-refractivity contribution in [3.05, 3.63) is 34.1 Å². The Kier molecular flexibility index (Phi) is 10.1. The van der Waals surface area contributed by atoms with E-state index in [0.717, 1.165) is 24.1 Å². The van der Waals surface area contributed by atoms with Gasteiger partial charge in [0, 0.05) is 37.1 Å². The summed E-state index contributed by atoms with van der Waals surface area (Å²) in [6.07, 6.45) is 0.937. The van der Waals surface area contributed by atoms with E-state index in [-0.39, 0.29) is 11.7 Å². The van der Waals surface area contributed by atoms with Crippen molar-refractivity contribution < 1.29 is 9.18 Å². The van der Waals surface area contributed by atoms with Crippen molar-refractivity contribution in [3.8, 4) is 0 Å². The fourth-order valence-electron chi connectivity index (χ4n) is 2.39. The van der Waals surface area contributed by atoms with Crippen LogP contribution in [0.1, 0.15) is 32.8 Å². The van der Waals surface area contributed by atoms with Gasteiger partial charge in [0.05, 0.1) is 6.54 Å². The van der Waals surface area contributed by atoms with E-state index in [4.69, 9.17) is 0 Å². The molecule has 2 N–H and O–H groups in total. The van der Waals surface area contributed by atoms with Crippen LogP contribution in [-0.4, -0.2) is 49.5 Å². The lowest BCUT2D eigenvalue weighted by molar-refractivity contribution is -0.130. The Morgan fingerprint density at radius 1 is 1.24 bits per heavy atom. The zero-order valence-electron chi connectivity index (χ0n) is 15.2. The summed E-state index contributed by atoms with van der Waals surface area (Å²) < 4.78 is 14.6. The lowest BCUT2D eigenvalue weighted by atomic mass is 10.1. The van der Waals surface area contributed by atoms with E-state index < -0.39 is 0 Å². The summed E-state index contributed by atoms with van der Waals surface area (Å²) in [5.41, 5.74) is 0.648. The molecule has 25 heavy (non-hydrogen) atoms.